The summed E-state index contributed by atoms with van der Waals surface area (Å²) in [5.74, 6) is 0.351. The molecule has 17 heavy (non-hydrogen) atoms. The van der Waals surface area contributed by atoms with Crippen molar-refractivity contribution < 1.29 is 0 Å². The van der Waals surface area contributed by atoms with Crippen molar-refractivity contribution in [3.8, 4) is 17.2 Å². The summed E-state index contributed by atoms with van der Waals surface area (Å²) in [5.41, 5.74) is 14.2. The Bertz CT molecular complexity index is 567. The molecule has 0 saturated carbocycles. The van der Waals surface area contributed by atoms with Crippen molar-refractivity contribution in [2.24, 2.45) is 5.73 Å². The number of nitrogens with zero attached hydrogens (tertiary/aromatic N) is 2. The molecule has 0 aliphatic carbocycles. The Labute approximate surface area is 99.5 Å². The topological polar surface area (TPSA) is 88.7 Å². The van der Waals surface area contributed by atoms with Crippen molar-refractivity contribution in [2.75, 3.05) is 5.73 Å². The Hall–Kier alpha value is -2.38. The van der Waals surface area contributed by atoms with E-state index in [4.69, 9.17) is 16.7 Å². The van der Waals surface area contributed by atoms with Crippen LogP contribution in [0.5, 0.6) is 0 Å². The first-order chi connectivity index (χ1) is 8.24. The third-order valence-electron chi connectivity index (χ3n) is 2.52. The van der Waals surface area contributed by atoms with Crippen LogP contribution in [-0.4, -0.2) is 4.98 Å². The van der Waals surface area contributed by atoms with Gasteiger partial charge in [-0.2, -0.15) is 5.26 Å². The number of nitriles is 1. The van der Waals surface area contributed by atoms with Crippen LogP contribution >= 0.6 is 0 Å². The fourth-order valence-electron chi connectivity index (χ4n) is 1.61. The maximum Gasteiger partial charge on any atom is 0.150 e. The van der Waals surface area contributed by atoms with Crippen molar-refractivity contribution >= 4 is 5.82 Å². The number of nitrogens with two attached hydrogens (primary N) is 2. The highest BCUT2D eigenvalue weighted by molar-refractivity contribution is 5.70. The second-order valence-corrected chi connectivity index (χ2v) is 3.65. The third kappa shape index (κ3) is 2.25. The molecular weight excluding hydrogens is 212 g/mol. The quantitative estimate of drug-likeness (QED) is 0.811. The highest BCUT2D eigenvalue weighted by atomic mass is 14.8. The average Bonchev–Trinajstić information content (AvgIpc) is 2.39. The molecule has 0 unspecified atom stereocenters. The largest absolute Gasteiger partial charge is 0.384 e. The molecule has 0 saturated heterocycles. The zero-order chi connectivity index (χ0) is 12.3. The monoisotopic (exact) mass is 224 g/mol. The molecule has 84 valence electrons. The molecular formula is C13H12N4. The molecule has 0 radical (unpaired) electrons. The first-order valence-corrected chi connectivity index (χ1v) is 5.20. The lowest BCUT2D eigenvalue weighted by Gasteiger charge is -2.05. The molecule has 1 aromatic carbocycles. The predicted molar refractivity (Wildman–Crippen MR) is 66.7 cm³/mol. The summed E-state index contributed by atoms with van der Waals surface area (Å²) in [5, 5.41) is 9.02. The van der Waals surface area contributed by atoms with Crippen LogP contribution in [0.3, 0.4) is 0 Å². The molecule has 0 bridgehead atoms. The van der Waals surface area contributed by atoms with Crippen molar-refractivity contribution in [2.45, 2.75) is 6.54 Å². The molecule has 0 atom stereocenters. The Kier molecular flexibility index (Phi) is 3.03. The van der Waals surface area contributed by atoms with Gasteiger partial charge < -0.3 is 11.5 Å². The number of benzene rings is 1. The van der Waals surface area contributed by atoms with Crippen molar-refractivity contribution in [1.29, 1.82) is 5.26 Å². The van der Waals surface area contributed by atoms with E-state index in [1.807, 2.05) is 30.3 Å². The van der Waals surface area contributed by atoms with E-state index in [0.717, 1.165) is 16.7 Å². The minimum Gasteiger partial charge on any atom is -0.384 e. The average molecular weight is 224 g/mol. The van der Waals surface area contributed by atoms with Gasteiger partial charge in [-0.05, 0) is 23.3 Å². The van der Waals surface area contributed by atoms with E-state index in [2.05, 4.69) is 4.98 Å². The summed E-state index contributed by atoms with van der Waals surface area (Å²) in [4.78, 5) is 4.00. The first kappa shape index (κ1) is 11.1. The molecule has 0 fully saturated rings. The third-order valence-corrected chi connectivity index (χ3v) is 2.52. The van der Waals surface area contributed by atoms with Gasteiger partial charge in [-0.15, -0.1) is 0 Å². The van der Waals surface area contributed by atoms with E-state index in [-0.39, 0.29) is 0 Å². The number of anilines is 1. The lowest BCUT2D eigenvalue weighted by molar-refractivity contribution is 1.07. The van der Waals surface area contributed by atoms with Crippen LogP contribution in [0.15, 0.2) is 36.4 Å². The second-order valence-electron chi connectivity index (χ2n) is 3.65. The van der Waals surface area contributed by atoms with Crippen molar-refractivity contribution in [1.82, 2.24) is 4.98 Å². The van der Waals surface area contributed by atoms with Crippen LogP contribution in [-0.2, 0) is 6.54 Å². The van der Waals surface area contributed by atoms with Crippen LogP contribution in [0, 0.1) is 11.3 Å². The zero-order valence-corrected chi connectivity index (χ0v) is 9.22. The number of nitrogen functional groups attached to an aromatic ring is 1. The number of hydrogen-bond acceptors (Lipinski definition) is 4. The molecule has 0 aliphatic heterocycles. The molecule has 0 spiro atoms. The summed E-state index contributed by atoms with van der Waals surface area (Å²) in [6.45, 7) is 0.505. The van der Waals surface area contributed by atoms with Gasteiger partial charge in [-0.3, -0.25) is 0 Å². The Morgan fingerprint density at radius 2 is 1.82 bits per heavy atom. The standard InChI is InChI=1S/C13H12N4/c14-7-9-1-3-10(4-2-9)11-5-6-13(16)17-12(11)8-15/h1-6H,7,14H2,(H2,16,17). The molecule has 1 heterocycles. The fourth-order valence-corrected chi connectivity index (χ4v) is 1.61. The molecule has 4 N–H and O–H groups in total. The SMILES string of the molecule is N#Cc1nc(N)ccc1-c1ccc(CN)cc1. The van der Waals surface area contributed by atoms with Gasteiger partial charge >= 0.3 is 0 Å². The Morgan fingerprint density at radius 3 is 2.41 bits per heavy atom. The summed E-state index contributed by atoms with van der Waals surface area (Å²) in [6.07, 6.45) is 0. The number of hydrogen-bond donors (Lipinski definition) is 2. The van der Waals surface area contributed by atoms with Crippen molar-refractivity contribution in [3.63, 3.8) is 0 Å². The summed E-state index contributed by atoms with van der Waals surface area (Å²) in [6, 6.07) is 13.3. The van der Waals surface area contributed by atoms with Crippen molar-refractivity contribution in [3.05, 3.63) is 47.7 Å². The number of pyridine rings is 1. The van der Waals surface area contributed by atoms with Crippen LogP contribution in [0.2, 0.25) is 0 Å². The second kappa shape index (κ2) is 4.64. The highest BCUT2D eigenvalue weighted by Gasteiger charge is 2.06. The Morgan fingerprint density at radius 1 is 1.12 bits per heavy atom. The van der Waals surface area contributed by atoms with Crippen LogP contribution < -0.4 is 11.5 Å². The van der Waals surface area contributed by atoms with Gasteiger partial charge in [-0.25, -0.2) is 4.98 Å². The molecule has 4 heteroatoms. The first-order valence-electron chi connectivity index (χ1n) is 5.20. The lowest BCUT2D eigenvalue weighted by atomic mass is 10.0. The smallest absolute Gasteiger partial charge is 0.150 e. The minimum absolute atomic E-state index is 0.338. The molecule has 2 rings (SSSR count). The lowest BCUT2D eigenvalue weighted by Crippen LogP contribution is -1.97. The van der Waals surface area contributed by atoms with Gasteiger partial charge in [0.15, 0.2) is 5.69 Å². The highest BCUT2D eigenvalue weighted by Crippen LogP contribution is 2.23. The van der Waals surface area contributed by atoms with Gasteiger partial charge in [0.25, 0.3) is 0 Å². The number of rotatable bonds is 2. The summed E-state index contributed by atoms with van der Waals surface area (Å²) < 4.78 is 0. The fraction of sp³-hybridized carbons (Fsp3) is 0.0769. The van der Waals surface area contributed by atoms with E-state index in [1.165, 1.54) is 0 Å². The van der Waals surface area contributed by atoms with Gasteiger partial charge in [0.1, 0.15) is 11.9 Å². The maximum atomic E-state index is 9.02. The van der Waals surface area contributed by atoms with Crippen LogP contribution in [0.1, 0.15) is 11.3 Å². The normalized spacial score (nSPS) is 9.88. The van der Waals surface area contributed by atoms with Gasteiger partial charge in [0.05, 0.1) is 0 Å². The minimum atomic E-state index is 0.338. The zero-order valence-electron chi connectivity index (χ0n) is 9.22. The molecule has 1 aromatic heterocycles. The number of aromatic nitrogens is 1. The van der Waals surface area contributed by atoms with E-state index in [0.29, 0.717) is 18.1 Å². The van der Waals surface area contributed by atoms with E-state index in [9.17, 15) is 0 Å². The predicted octanol–water partition coefficient (Wildman–Crippen LogP) is 1.66. The summed E-state index contributed by atoms with van der Waals surface area (Å²) in [7, 11) is 0. The van der Waals surface area contributed by atoms with E-state index in [1.54, 1.807) is 12.1 Å². The summed E-state index contributed by atoms with van der Waals surface area (Å²) >= 11 is 0. The van der Waals surface area contributed by atoms with E-state index < -0.39 is 0 Å². The van der Waals surface area contributed by atoms with Gasteiger partial charge in [-0.1, -0.05) is 24.3 Å². The molecule has 2 aromatic rings. The molecule has 4 nitrogen and oxygen atoms in total. The molecule has 0 amide bonds. The molecule has 0 aliphatic rings. The van der Waals surface area contributed by atoms with Gasteiger partial charge in [0, 0.05) is 12.1 Å². The van der Waals surface area contributed by atoms with Crippen LogP contribution in [0.4, 0.5) is 5.82 Å². The van der Waals surface area contributed by atoms with Gasteiger partial charge in [0.2, 0.25) is 0 Å². The van der Waals surface area contributed by atoms with E-state index >= 15 is 0 Å². The van der Waals surface area contributed by atoms with Crippen LogP contribution in [0.25, 0.3) is 11.1 Å². The Balaban J connectivity index is 2.49. The maximum absolute atomic E-state index is 9.02.